The van der Waals surface area contributed by atoms with Crippen LogP contribution < -0.4 is 10.0 Å². The third-order valence-electron chi connectivity index (χ3n) is 2.91. The van der Waals surface area contributed by atoms with Crippen LogP contribution in [-0.2, 0) is 14.8 Å². The summed E-state index contributed by atoms with van der Waals surface area (Å²) < 4.78 is 40.0. The Hall–Kier alpha value is -1.47. The van der Waals surface area contributed by atoms with Crippen LogP contribution in [0, 0.1) is 19.7 Å². The summed E-state index contributed by atoms with van der Waals surface area (Å²) in [6.45, 7) is 5.59. The molecule has 5 nitrogen and oxygen atoms in total. The van der Waals surface area contributed by atoms with Crippen molar-refractivity contribution in [3.05, 3.63) is 29.1 Å². The lowest BCUT2D eigenvalue weighted by Crippen LogP contribution is -2.31. The van der Waals surface area contributed by atoms with Gasteiger partial charge >= 0.3 is 0 Å². The molecule has 118 valence electrons. The molecular formula is C14H21FN2O3S. The Labute approximate surface area is 125 Å². The zero-order valence-electron chi connectivity index (χ0n) is 12.5. The molecule has 0 radical (unpaired) electrons. The smallest absolute Gasteiger partial charge is 0.241 e. The number of sulfonamides is 1. The third kappa shape index (κ3) is 5.09. The Morgan fingerprint density at radius 3 is 2.29 bits per heavy atom. The van der Waals surface area contributed by atoms with Crippen LogP contribution in [0.1, 0.15) is 30.9 Å². The van der Waals surface area contributed by atoms with Crippen LogP contribution in [0.4, 0.5) is 4.39 Å². The number of hydrogen-bond donors (Lipinski definition) is 2. The van der Waals surface area contributed by atoms with Crippen LogP contribution in [0.3, 0.4) is 0 Å². The van der Waals surface area contributed by atoms with Gasteiger partial charge < -0.3 is 5.32 Å². The van der Waals surface area contributed by atoms with Gasteiger partial charge in [0.1, 0.15) is 5.82 Å². The fourth-order valence-electron chi connectivity index (χ4n) is 2.05. The Bertz CT molecular complexity index is 592. The van der Waals surface area contributed by atoms with Gasteiger partial charge in [-0.1, -0.05) is 6.92 Å². The lowest BCUT2D eigenvalue weighted by Gasteiger charge is -2.12. The van der Waals surface area contributed by atoms with E-state index in [-0.39, 0.29) is 23.8 Å². The minimum atomic E-state index is -3.75. The second-order valence-electron chi connectivity index (χ2n) is 4.87. The highest BCUT2D eigenvalue weighted by atomic mass is 32.2. The zero-order valence-corrected chi connectivity index (χ0v) is 13.3. The molecule has 7 heteroatoms. The summed E-state index contributed by atoms with van der Waals surface area (Å²) in [6.07, 6.45) is 0.893. The fourth-order valence-corrected chi connectivity index (χ4v) is 3.53. The number of halogens is 1. The van der Waals surface area contributed by atoms with Crippen molar-refractivity contribution in [3.63, 3.8) is 0 Å². The molecule has 0 heterocycles. The number of benzene rings is 1. The number of amides is 1. The van der Waals surface area contributed by atoms with Gasteiger partial charge in [-0.15, -0.1) is 0 Å². The van der Waals surface area contributed by atoms with Gasteiger partial charge in [0.2, 0.25) is 15.9 Å². The monoisotopic (exact) mass is 316 g/mol. The summed E-state index contributed by atoms with van der Waals surface area (Å²) >= 11 is 0. The molecule has 0 aromatic heterocycles. The number of nitrogens with one attached hydrogen (secondary N) is 2. The second kappa shape index (κ2) is 7.51. The summed E-state index contributed by atoms with van der Waals surface area (Å²) in [5.41, 5.74) is 0.686. The van der Waals surface area contributed by atoms with E-state index >= 15 is 0 Å². The van der Waals surface area contributed by atoms with E-state index < -0.39 is 15.8 Å². The van der Waals surface area contributed by atoms with Crippen LogP contribution in [0.2, 0.25) is 0 Å². The Morgan fingerprint density at radius 2 is 1.76 bits per heavy atom. The van der Waals surface area contributed by atoms with E-state index in [2.05, 4.69) is 10.0 Å². The predicted octanol–water partition coefficient (Wildman–Crippen LogP) is 1.64. The largest absolute Gasteiger partial charge is 0.356 e. The molecule has 0 atom stereocenters. The van der Waals surface area contributed by atoms with Crippen LogP contribution in [0.25, 0.3) is 0 Å². The number of aryl methyl sites for hydroxylation is 2. The van der Waals surface area contributed by atoms with Gasteiger partial charge in [0.05, 0.1) is 4.90 Å². The number of carbonyl (C=O) groups excluding carboxylic acids is 1. The molecule has 21 heavy (non-hydrogen) atoms. The van der Waals surface area contributed by atoms with Gasteiger partial charge in [0, 0.05) is 19.5 Å². The average molecular weight is 316 g/mol. The van der Waals surface area contributed by atoms with Gasteiger partial charge in [0.15, 0.2) is 0 Å². The summed E-state index contributed by atoms with van der Waals surface area (Å²) in [6, 6.07) is 2.35. The van der Waals surface area contributed by atoms with Crippen LogP contribution in [0.15, 0.2) is 17.0 Å². The van der Waals surface area contributed by atoms with Gasteiger partial charge in [-0.2, -0.15) is 0 Å². The summed E-state index contributed by atoms with van der Waals surface area (Å²) in [5, 5.41) is 2.67. The quantitative estimate of drug-likeness (QED) is 0.803. The van der Waals surface area contributed by atoms with Crippen LogP contribution >= 0.6 is 0 Å². The fraction of sp³-hybridized carbons (Fsp3) is 0.500. The summed E-state index contributed by atoms with van der Waals surface area (Å²) in [4.78, 5) is 11.5. The van der Waals surface area contributed by atoms with E-state index in [1.54, 1.807) is 13.8 Å². The van der Waals surface area contributed by atoms with E-state index in [1.807, 2.05) is 6.92 Å². The molecule has 0 saturated heterocycles. The Kier molecular flexibility index (Phi) is 6.29. The minimum Gasteiger partial charge on any atom is -0.356 e. The molecule has 0 unspecified atom stereocenters. The van der Waals surface area contributed by atoms with E-state index in [0.29, 0.717) is 17.7 Å². The number of carbonyl (C=O) groups is 1. The van der Waals surface area contributed by atoms with E-state index in [0.717, 1.165) is 6.42 Å². The lowest BCUT2D eigenvalue weighted by atomic mass is 10.1. The predicted molar refractivity (Wildman–Crippen MR) is 79.0 cm³/mol. The average Bonchev–Trinajstić information content (AvgIpc) is 2.34. The van der Waals surface area contributed by atoms with Gasteiger partial charge in [-0.05, 0) is 43.5 Å². The van der Waals surface area contributed by atoms with Crippen molar-refractivity contribution in [2.24, 2.45) is 0 Å². The van der Waals surface area contributed by atoms with E-state index in [4.69, 9.17) is 0 Å². The Balaban J connectivity index is 2.73. The lowest BCUT2D eigenvalue weighted by molar-refractivity contribution is -0.120. The molecule has 1 amide bonds. The van der Waals surface area contributed by atoms with Gasteiger partial charge in [0.25, 0.3) is 0 Å². The normalized spacial score (nSPS) is 11.4. The molecule has 0 spiro atoms. The minimum absolute atomic E-state index is 0.00807. The van der Waals surface area contributed by atoms with E-state index in [9.17, 15) is 17.6 Å². The highest BCUT2D eigenvalue weighted by Crippen LogP contribution is 2.21. The molecule has 1 aromatic carbocycles. The van der Waals surface area contributed by atoms with E-state index in [1.165, 1.54) is 12.1 Å². The highest BCUT2D eigenvalue weighted by molar-refractivity contribution is 7.89. The molecule has 0 fully saturated rings. The zero-order chi connectivity index (χ0) is 16.0. The molecule has 1 aromatic rings. The number of hydrogen-bond acceptors (Lipinski definition) is 3. The molecular weight excluding hydrogens is 295 g/mol. The standard InChI is InChI=1S/C14H21FN2O3S/c1-4-6-16-13(18)5-7-17-21(19,20)14-10(2)8-12(15)9-11(14)3/h8-9,17H,4-7H2,1-3H3,(H,16,18). The molecule has 0 saturated carbocycles. The third-order valence-corrected chi connectivity index (χ3v) is 4.68. The second-order valence-corrected chi connectivity index (χ2v) is 6.57. The van der Waals surface area contributed by atoms with Crippen molar-refractivity contribution in [3.8, 4) is 0 Å². The molecule has 0 aliphatic rings. The van der Waals surface area contributed by atoms with Crippen molar-refractivity contribution in [2.45, 2.75) is 38.5 Å². The van der Waals surface area contributed by atoms with Crippen molar-refractivity contribution in [1.29, 1.82) is 0 Å². The number of rotatable bonds is 7. The Morgan fingerprint density at radius 1 is 1.19 bits per heavy atom. The maximum Gasteiger partial charge on any atom is 0.241 e. The maximum atomic E-state index is 13.2. The van der Waals surface area contributed by atoms with Gasteiger partial charge in [-0.3, -0.25) is 4.79 Å². The first-order valence-electron chi connectivity index (χ1n) is 6.81. The molecule has 0 aliphatic carbocycles. The molecule has 1 rings (SSSR count). The SMILES string of the molecule is CCCNC(=O)CCNS(=O)(=O)c1c(C)cc(F)cc1C. The summed E-state index contributed by atoms with van der Waals surface area (Å²) in [5.74, 6) is -0.671. The topological polar surface area (TPSA) is 75.3 Å². The first kappa shape index (κ1) is 17.6. The summed E-state index contributed by atoms with van der Waals surface area (Å²) in [7, 11) is -3.75. The first-order valence-corrected chi connectivity index (χ1v) is 8.29. The van der Waals surface area contributed by atoms with Gasteiger partial charge in [-0.25, -0.2) is 17.5 Å². The first-order chi connectivity index (χ1) is 9.77. The van der Waals surface area contributed by atoms with Crippen LogP contribution in [-0.4, -0.2) is 27.4 Å². The van der Waals surface area contributed by atoms with Crippen LogP contribution in [0.5, 0.6) is 0 Å². The van der Waals surface area contributed by atoms with Crippen molar-refractivity contribution < 1.29 is 17.6 Å². The molecule has 0 bridgehead atoms. The highest BCUT2D eigenvalue weighted by Gasteiger charge is 2.20. The maximum absolute atomic E-state index is 13.2. The van der Waals surface area contributed by atoms with Crippen molar-refractivity contribution in [1.82, 2.24) is 10.0 Å². The molecule has 2 N–H and O–H groups in total. The van der Waals surface area contributed by atoms with Crippen molar-refractivity contribution >= 4 is 15.9 Å². The molecule has 0 aliphatic heterocycles. The van der Waals surface area contributed by atoms with Crippen molar-refractivity contribution in [2.75, 3.05) is 13.1 Å².